The number of rotatable bonds is 8. The lowest BCUT2D eigenvalue weighted by Gasteiger charge is -2.17. The summed E-state index contributed by atoms with van der Waals surface area (Å²) < 4.78 is 5.50. The lowest BCUT2D eigenvalue weighted by atomic mass is 10.1. The van der Waals surface area contributed by atoms with Gasteiger partial charge in [0.05, 0.1) is 6.61 Å². The first-order valence-electron chi connectivity index (χ1n) is 5.36. The summed E-state index contributed by atoms with van der Waals surface area (Å²) in [4.78, 5) is 0. The maximum atomic E-state index is 5.85. The number of thioether (sulfide) groups is 1. The standard InChI is InChI=1S/C11H25NOS/c1-10(2)5-6-13-7-8-14-9-11(3,4)12/h10H,5-9,12H2,1-4H3. The monoisotopic (exact) mass is 219 g/mol. The Labute approximate surface area is 93.0 Å². The molecule has 0 spiro atoms. The quantitative estimate of drug-likeness (QED) is 0.637. The van der Waals surface area contributed by atoms with Crippen LogP contribution in [0.1, 0.15) is 34.1 Å². The van der Waals surface area contributed by atoms with Crippen molar-refractivity contribution in [2.45, 2.75) is 39.7 Å². The van der Waals surface area contributed by atoms with Crippen molar-refractivity contribution in [1.82, 2.24) is 0 Å². The Hall–Kier alpha value is 0.270. The SMILES string of the molecule is CC(C)CCOCCSCC(C)(C)N. The van der Waals surface area contributed by atoms with Crippen LogP contribution in [-0.4, -0.2) is 30.3 Å². The van der Waals surface area contributed by atoms with E-state index in [1.807, 2.05) is 11.8 Å². The van der Waals surface area contributed by atoms with Crippen LogP contribution in [0.25, 0.3) is 0 Å². The van der Waals surface area contributed by atoms with E-state index in [2.05, 4.69) is 27.7 Å². The molecule has 0 saturated carbocycles. The first-order chi connectivity index (χ1) is 6.42. The molecule has 0 fully saturated rings. The van der Waals surface area contributed by atoms with E-state index in [1.54, 1.807) is 0 Å². The summed E-state index contributed by atoms with van der Waals surface area (Å²) in [5.41, 5.74) is 5.80. The largest absolute Gasteiger partial charge is 0.381 e. The minimum Gasteiger partial charge on any atom is -0.381 e. The fourth-order valence-corrected chi connectivity index (χ4v) is 1.78. The van der Waals surface area contributed by atoms with Gasteiger partial charge in [0, 0.05) is 23.7 Å². The van der Waals surface area contributed by atoms with E-state index in [0.29, 0.717) is 0 Å². The van der Waals surface area contributed by atoms with Crippen molar-refractivity contribution in [3.8, 4) is 0 Å². The summed E-state index contributed by atoms with van der Waals surface area (Å²) in [7, 11) is 0. The summed E-state index contributed by atoms with van der Waals surface area (Å²) in [5.74, 6) is 2.80. The predicted octanol–water partition coefficient (Wildman–Crippen LogP) is 2.52. The summed E-state index contributed by atoms with van der Waals surface area (Å²) in [6, 6.07) is 0. The molecule has 3 heteroatoms. The topological polar surface area (TPSA) is 35.2 Å². The van der Waals surface area contributed by atoms with E-state index in [0.717, 1.165) is 37.1 Å². The molecule has 86 valence electrons. The van der Waals surface area contributed by atoms with Crippen LogP contribution in [0.4, 0.5) is 0 Å². The average molecular weight is 219 g/mol. The van der Waals surface area contributed by atoms with Crippen molar-refractivity contribution in [2.24, 2.45) is 11.7 Å². The smallest absolute Gasteiger partial charge is 0.0556 e. The minimum atomic E-state index is -0.0530. The Kier molecular flexibility index (Phi) is 7.69. The summed E-state index contributed by atoms with van der Waals surface area (Å²) in [5, 5.41) is 0. The van der Waals surface area contributed by atoms with Gasteiger partial charge < -0.3 is 10.5 Å². The van der Waals surface area contributed by atoms with Gasteiger partial charge in [0.15, 0.2) is 0 Å². The molecule has 0 atom stereocenters. The molecule has 0 bridgehead atoms. The van der Waals surface area contributed by atoms with E-state index in [-0.39, 0.29) is 5.54 Å². The number of nitrogens with two attached hydrogens (primary N) is 1. The molecule has 2 N–H and O–H groups in total. The van der Waals surface area contributed by atoms with Gasteiger partial charge in [-0.2, -0.15) is 11.8 Å². The van der Waals surface area contributed by atoms with Crippen molar-refractivity contribution in [1.29, 1.82) is 0 Å². The fourth-order valence-electron chi connectivity index (χ4n) is 0.874. The third-order valence-corrected chi connectivity index (χ3v) is 3.09. The van der Waals surface area contributed by atoms with Gasteiger partial charge >= 0.3 is 0 Å². The lowest BCUT2D eigenvalue weighted by molar-refractivity contribution is 0.138. The second-order valence-corrected chi connectivity index (χ2v) is 5.94. The Bertz CT molecular complexity index is 132. The van der Waals surface area contributed by atoms with Crippen molar-refractivity contribution in [3.05, 3.63) is 0 Å². The lowest BCUT2D eigenvalue weighted by Crippen LogP contribution is -2.34. The van der Waals surface area contributed by atoms with Crippen molar-refractivity contribution >= 4 is 11.8 Å². The van der Waals surface area contributed by atoms with E-state index in [9.17, 15) is 0 Å². The zero-order valence-electron chi connectivity index (χ0n) is 10.0. The molecule has 14 heavy (non-hydrogen) atoms. The predicted molar refractivity (Wildman–Crippen MR) is 65.9 cm³/mol. The van der Waals surface area contributed by atoms with Gasteiger partial charge in [-0.15, -0.1) is 0 Å². The maximum Gasteiger partial charge on any atom is 0.0556 e. The zero-order valence-corrected chi connectivity index (χ0v) is 10.8. The second-order valence-electron chi connectivity index (χ2n) is 4.84. The van der Waals surface area contributed by atoms with Crippen LogP contribution in [-0.2, 0) is 4.74 Å². The van der Waals surface area contributed by atoms with Crippen LogP contribution >= 0.6 is 11.8 Å². The van der Waals surface area contributed by atoms with Gasteiger partial charge in [-0.05, 0) is 26.2 Å². The molecule has 2 nitrogen and oxygen atoms in total. The molecule has 0 aliphatic rings. The van der Waals surface area contributed by atoms with Crippen molar-refractivity contribution < 1.29 is 4.74 Å². The van der Waals surface area contributed by atoms with Crippen LogP contribution in [0.2, 0.25) is 0 Å². The van der Waals surface area contributed by atoms with Crippen molar-refractivity contribution in [3.63, 3.8) is 0 Å². The Morgan fingerprint density at radius 1 is 1.29 bits per heavy atom. The molecule has 0 aromatic rings. The molecule has 0 rings (SSSR count). The number of hydrogen-bond acceptors (Lipinski definition) is 3. The molecule has 0 saturated heterocycles. The molecule has 0 aliphatic heterocycles. The van der Waals surface area contributed by atoms with E-state index < -0.39 is 0 Å². The second kappa shape index (κ2) is 7.55. The van der Waals surface area contributed by atoms with E-state index >= 15 is 0 Å². The third-order valence-electron chi connectivity index (χ3n) is 1.69. The normalized spacial score (nSPS) is 12.4. The highest BCUT2D eigenvalue weighted by atomic mass is 32.2. The van der Waals surface area contributed by atoms with Gasteiger partial charge in [0.1, 0.15) is 0 Å². The van der Waals surface area contributed by atoms with Crippen molar-refractivity contribution in [2.75, 3.05) is 24.7 Å². The number of hydrogen-bond donors (Lipinski definition) is 1. The summed E-state index contributed by atoms with van der Waals surface area (Å²) in [6.07, 6.45) is 1.16. The Morgan fingerprint density at radius 3 is 2.43 bits per heavy atom. The molecule has 0 radical (unpaired) electrons. The highest BCUT2D eigenvalue weighted by Gasteiger charge is 2.09. The molecule has 0 aliphatic carbocycles. The van der Waals surface area contributed by atoms with Gasteiger partial charge in [-0.3, -0.25) is 0 Å². The van der Waals surface area contributed by atoms with E-state index in [1.165, 1.54) is 0 Å². The summed E-state index contributed by atoms with van der Waals surface area (Å²) >= 11 is 1.87. The highest BCUT2D eigenvalue weighted by Crippen LogP contribution is 2.09. The number of ether oxygens (including phenoxy) is 1. The first kappa shape index (κ1) is 14.3. The fraction of sp³-hybridized carbons (Fsp3) is 1.00. The van der Waals surface area contributed by atoms with Crippen LogP contribution in [0, 0.1) is 5.92 Å². The average Bonchev–Trinajstić information content (AvgIpc) is 2.00. The molecule has 0 amide bonds. The van der Waals surface area contributed by atoms with Crippen LogP contribution in [0.5, 0.6) is 0 Å². The van der Waals surface area contributed by atoms with Crippen LogP contribution in [0.3, 0.4) is 0 Å². The minimum absolute atomic E-state index is 0.0530. The molecule has 0 unspecified atom stereocenters. The first-order valence-corrected chi connectivity index (χ1v) is 6.51. The third kappa shape index (κ3) is 12.3. The van der Waals surface area contributed by atoms with E-state index in [4.69, 9.17) is 10.5 Å². The van der Waals surface area contributed by atoms with Crippen LogP contribution in [0.15, 0.2) is 0 Å². The molecule has 0 heterocycles. The molecule has 0 aromatic carbocycles. The summed E-state index contributed by atoms with van der Waals surface area (Å²) in [6.45, 7) is 10.3. The zero-order chi connectivity index (χ0) is 11.0. The van der Waals surface area contributed by atoms with Gasteiger partial charge in [-0.25, -0.2) is 0 Å². The van der Waals surface area contributed by atoms with Gasteiger partial charge in [0.25, 0.3) is 0 Å². The maximum absolute atomic E-state index is 5.85. The molecular weight excluding hydrogens is 194 g/mol. The van der Waals surface area contributed by atoms with Gasteiger partial charge in [-0.1, -0.05) is 13.8 Å². The van der Waals surface area contributed by atoms with Gasteiger partial charge in [0.2, 0.25) is 0 Å². The highest BCUT2D eigenvalue weighted by molar-refractivity contribution is 7.99. The Balaban J connectivity index is 3.07. The molecule has 0 aromatic heterocycles. The Morgan fingerprint density at radius 2 is 1.93 bits per heavy atom. The van der Waals surface area contributed by atoms with Crippen LogP contribution < -0.4 is 5.73 Å². The molecular formula is C11H25NOS.